The van der Waals surface area contributed by atoms with Crippen LogP contribution in [0.2, 0.25) is 0 Å². The van der Waals surface area contributed by atoms with Gasteiger partial charge >= 0.3 is 0 Å². The predicted molar refractivity (Wildman–Crippen MR) is 69.6 cm³/mol. The van der Waals surface area contributed by atoms with E-state index in [0.29, 0.717) is 18.2 Å². The average molecular weight is 258 g/mol. The van der Waals surface area contributed by atoms with Gasteiger partial charge in [0, 0.05) is 12.1 Å². The summed E-state index contributed by atoms with van der Waals surface area (Å²) in [5, 5.41) is 17.0. The quantitative estimate of drug-likeness (QED) is 0.847. The summed E-state index contributed by atoms with van der Waals surface area (Å²) in [6.07, 6.45) is 0.947. The number of rotatable bonds is 4. The zero-order valence-electron chi connectivity index (χ0n) is 11.0. The minimum Gasteiger partial charge on any atom is -0.243 e. The maximum absolute atomic E-state index is 13.0. The van der Waals surface area contributed by atoms with Gasteiger partial charge in [-0.1, -0.05) is 19.1 Å². The number of halogens is 1. The highest BCUT2D eigenvalue weighted by Gasteiger charge is 2.14. The summed E-state index contributed by atoms with van der Waals surface area (Å²) in [6.45, 7) is 4.94. The third-order valence-corrected chi connectivity index (χ3v) is 2.88. The van der Waals surface area contributed by atoms with Crippen LogP contribution in [-0.2, 0) is 6.54 Å². The van der Waals surface area contributed by atoms with Gasteiger partial charge in [-0.3, -0.25) is 0 Å². The summed E-state index contributed by atoms with van der Waals surface area (Å²) >= 11 is 0. The van der Waals surface area contributed by atoms with E-state index in [0.717, 1.165) is 12.0 Å². The minimum absolute atomic E-state index is 0.273. The van der Waals surface area contributed by atoms with Crippen LogP contribution in [0.25, 0.3) is 11.3 Å². The van der Waals surface area contributed by atoms with Crippen molar-refractivity contribution in [2.24, 2.45) is 5.92 Å². The molecule has 1 aromatic heterocycles. The lowest BCUT2D eigenvalue weighted by Crippen LogP contribution is -2.05. The van der Waals surface area contributed by atoms with Crippen LogP contribution in [-0.4, -0.2) is 15.0 Å². The molecule has 2 rings (SSSR count). The monoisotopic (exact) mass is 258 g/mol. The summed E-state index contributed by atoms with van der Waals surface area (Å²) in [5.74, 6) is 0.235. The van der Waals surface area contributed by atoms with Crippen LogP contribution in [0.3, 0.4) is 0 Å². The van der Waals surface area contributed by atoms with Crippen molar-refractivity contribution in [3.05, 3.63) is 35.8 Å². The molecule has 2 aromatic rings. The number of nitriles is 1. The number of benzene rings is 1. The van der Waals surface area contributed by atoms with Crippen LogP contribution in [0.4, 0.5) is 4.39 Å². The third kappa shape index (κ3) is 2.97. The highest BCUT2D eigenvalue weighted by molar-refractivity contribution is 5.64. The molecule has 0 saturated heterocycles. The number of aryl methyl sites for hydroxylation is 1. The van der Waals surface area contributed by atoms with E-state index in [-0.39, 0.29) is 11.5 Å². The van der Waals surface area contributed by atoms with Crippen LogP contribution in [0, 0.1) is 23.1 Å². The number of nitrogens with zero attached hydrogens (tertiary/aromatic N) is 4. The standard InChI is InChI=1S/C14H15FN4/c1-10(2)7-8-19-14(13(9-16)17-18-19)11-3-5-12(15)6-4-11/h3-6,10H,7-8H2,1-2H3. The van der Waals surface area contributed by atoms with Crippen LogP contribution >= 0.6 is 0 Å². The van der Waals surface area contributed by atoms with Gasteiger partial charge in [0.2, 0.25) is 0 Å². The Hall–Kier alpha value is -2.22. The van der Waals surface area contributed by atoms with Crippen molar-refractivity contribution >= 4 is 0 Å². The molecular weight excluding hydrogens is 243 g/mol. The van der Waals surface area contributed by atoms with Gasteiger partial charge < -0.3 is 0 Å². The van der Waals surface area contributed by atoms with E-state index in [4.69, 9.17) is 5.26 Å². The van der Waals surface area contributed by atoms with Crippen molar-refractivity contribution in [1.29, 1.82) is 5.26 Å². The van der Waals surface area contributed by atoms with Gasteiger partial charge in [-0.05, 0) is 36.6 Å². The van der Waals surface area contributed by atoms with Crippen molar-refractivity contribution in [3.63, 3.8) is 0 Å². The SMILES string of the molecule is CC(C)CCn1nnc(C#N)c1-c1ccc(F)cc1. The van der Waals surface area contributed by atoms with Gasteiger partial charge in [0.05, 0.1) is 0 Å². The molecule has 19 heavy (non-hydrogen) atoms. The lowest BCUT2D eigenvalue weighted by molar-refractivity contribution is 0.481. The fraction of sp³-hybridized carbons (Fsp3) is 0.357. The first kappa shape index (κ1) is 13.2. The smallest absolute Gasteiger partial charge is 0.190 e. The molecule has 0 unspecified atom stereocenters. The first-order chi connectivity index (χ1) is 9.11. The molecule has 0 bridgehead atoms. The second-order valence-corrected chi connectivity index (χ2v) is 4.81. The summed E-state index contributed by atoms with van der Waals surface area (Å²) in [7, 11) is 0. The zero-order chi connectivity index (χ0) is 13.8. The Labute approximate surface area is 111 Å². The van der Waals surface area contributed by atoms with E-state index < -0.39 is 0 Å². The minimum atomic E-state index is -0.302. The van der Waals surface area contributed by atoms with E-state index in [1.165, 1.54) is 12.1 Å². The van der Waals surface area contributed by atoms with Crippen LogP contribution < -0.4 is 0 Å². The van der Waals surface area contributed by atoms with Gasteiger partial charge in [-0.25, -0.2) is 9.07 Å². The molecule has 5 heteroatoms. The Morgan fingerprint density at radius 1 is 1.32 bits per heavy atom. The fourth-order valence-electron chi connectivity index (χ4n) is 1.82. The Morgan fingerprint density at radius 3 is 2.58 bits per heavy atom. The van der Waals surface area contributed by atoms with E-state index in [1.54, 1.807) is 16.8 Å². The second-order valence-electron chi connectivity index (χ2n) is 4.81. The van der Waals surface area contributed by atoms with E-state index >= 15 is 0 Å². The molecule has 0 aliphatic rings. The molecule has 0 aliphatic carbocycles. The van der Waals surface area contributed by atoms with Gasteiger partial charge in [0.1, 0.15) is 17.6 Å². The molecule has 1 heterocycles. The molecule has 0 fully saturated rings. The van der Waals surface area contributed by atoms with Crippen molar-refractivity contribution in [1.82, 2.24) is 15.0 Å². The predicted octanol–water partition coefficient (Wildman–Crippen LogP) is 3.00. The van der Waals surface area contributed by atoms with Crippen molar-refractivity contribution in [3.8, 4) is 17.3 Å². The molecule has 0 N–H and O–H groups in total. The lowest BCUT2D eigenvalue weighted by Gasteiger charge is -2.08. The highest BCUT2D eigenvalue weighted by Crippen LogP contribution is 2.22. The first-order valence-corrected chi connectivity index (χ1v) is 6.21. The Kier molecular flexibility index (Phi) is 3.91. The molecule has 1 aromatic carbocycles. The molecule has 0 radical (unpaired) electrons. The molecule has 0 saturated carbocycles. The first-order valence-electron chi connectivity index (χ1n) is 6.21. The Morgan fingerprint density at radius 2 is 2.00 bits per heavy atom. The second kappa shape index (κ2) is 5.61. The lowest BCUT2D eigenvalue weighted by atomic mass is 10.1. The molecule has 0 aliphatic heterocycles. The number of hydrogen-bond acceptors (Lipinski definition) is 3. The van der Waals surface area contributed by atoms with Crippen molar-refractivity contribution in [2.75, 3.05) is 0 Å². The van der Waals surface area contributed by atoms with Gasteiger partial charge in [-0.2, -0.15) is 5.26 Å². The average Bonchev–Trinajstić information content (AvgIpc) is 2.80. The topological polar surface area (TPSA) is 54.5 Å². The van der Waals surface area contributed by atoms with Gasteiger partial charge in [0.25, 0.3) is 0 Å². The third-order valence-electron chi connectivity index (χ3n) is 2.88. The molecule has 98 valence electrons. The number of hydrogen-bond donors (Lipinski definition) is 0. The molecule has 0 atom stereocenters. The normalized spacial score (nSPS) is 10.7. The van der Waals surface area contributed by atoms with Crippen LogP contribution in [0.15, 0.2) is 24.3 Å². The van der Waals surface area contributed by atoms with E-state index in [9.17, 15) is 4.39 Å². The van der Waals surface area contributed by atoms with Crippen LogP contribution in [0.1, 0.15) is 26.0 Å². The molecular formula is C14H15FN4. The fourth-order valence-corrected chi connectivity index (χ4v) is 1.82. The zero-order valence-corrected chi connectivity index (χ0v) is 11.0. The Balaban J connectivity index is 2.39. The van der Waals surface area contributed by atoms with Crippen molar-refractivity contribution in [2.45, 2.75) is 26.8 Å². The van der Waals surface area contributed by atoms with E-state index in [1.807, 2.05) is 6.07 Å². The summed E-state index contributed by atoms with van der Waals surface area (Å²) < 4.78 is 14.7. The highest BCUT2D eigenvalue weighted by atomic mass is 19.1. The van der Waals surface area contributed by atoms with E-state index in [2.05, 4.69) is 24.2 Å². The van der Waals surface area contributed by atoms with Gasteiger partial charge in [-0.15, -0.1) is 5.10 Å². The molecule has 0 amide bonds. The summed E-state index contributed by atoms with van der Waals surface area (Å²) in [4.78, 5) is 0. The summed E-state index contributed by atoms with van der Waals surface area (Å²) in [6, 6.07) is 8.05. The maximum atomic E-state index is 13.0. The molecule has 4 nitrogen and oxygen atoms in total. The van der Waals surface area contributed by atoms with Crippen molar-refractivity contribution < 1.29 is 4.39 Å². The van der Waals surface area contributed by atoms with Gasteiger partial charge in [0.15, 0.2) is 5.69 Å². The molecule has 0 spiro atoms. The number of aromatic nitrogens is 3. The van der Waals surface area contributed by atoms with Crippen LogP contribution in [0.5, 0.6) is 0 Å². The Bertz CT molecular complexity index is 593. The summed E-state index contributed by atoms with van der Waals surface area (Å²) in [5.41, 5.74) is 1.69. The largest absolute Gasteiger partial charge is 0.243 e. The maximum Gasteiger partial charge on any atom is 0.190 e.